The number of fused-ring (bicyclic) bond motifs is 2. The molecule has 0 aliphatic carbocycles. The molecule has 3 heterocycles. The minimum atomic E-state index is -0.521. The largest absolute Gasteiger partial charge is 0.462 e. The molecule has 4 rings (SSSR count). The van der Waals surface area contributed by atoms with Crippen molar-refractivity contribution in [3.05, 3.63) is 47.4 Å². The predicted molar refractivity (Wildman–Crippen MR) is 116 cm³/mol. The molecule has 1 amide bonds. The molecule has 0 radical (unpaired) electrons. The monoisotopic (exact) mass is 422 g/mol. The van der Waals surface area contributed by atoms with Crippen LogP contribution in [0.15, 0.2) is 30.7 Å². The predicted octanol–water partition coefficient (Wildman–Crippen LogP) is 4.09. The zero-order valence-electron chi connectivity index (χ0n) is 18.2. The number of esters is 1. The van der Waals surface area contributed by atoms with Crippen molar-refractivity contribution in [1.29, 1.82) is 0 Å². The van der Waals surface area contributed by atoms with Crippen LogP contribution in [0.2, 0.25) is 0 Å². The summed E-state index contributed by atoms with van der Waals surface area (Å²) in [7, 11) is 0. The lowest BCUT2D eigenvalue weighted by atomic mass is 9.95. The summed E-state index contributed by atoms with van der Waals surface area (Å²) in [5.74, 6) is -0.407. The highest BCUT2D eigenvalue weighted by molar-refractivity contribution is 6.08. The van der Waals surface area contributed by atoms with Crippen molar-refractivity contribution in [3.8, 4) is 11.3 Å². The number of rotatable bonds is 3. The lowest BCUT2D eigenvalue weighted by molar-refractivity contribution is 0.0223. The van der Waals surface area contributed by atoms with Crippen molar-refractivity contribution < 1.29 is 19.1 Å². The molecule has 0 atom stereocenters. The Kier molecular flexibility index (Phi) is 5.39. The van der Waals surface area contributed by atoms with Crippen LogP contribution in [0, 0.1) is 0 Å². The molecule has 31 heavy (non-hydrogen) atoms. The summed E-state index contributed by atoms with van der Waals surface area (Å²) in [4.78, 5) is 38.3. The van der Waals surface area contributed by atoms with E-state index in [1.165, 1.54) is 6.33 Å². The van der Waals surface area contributed by atoms with Crippen molar-refractivity contribution in [2.45, 2.75) is 46.3 Å². The number of hydrogen-bond donors (Lipinski definition) is 1. The van der Waals surface area contributed by atoms with Gasteiger partial charge in [-0.1, -0.05) is 12.1 Å². The van der Waals surface area contributed by atoms with Gasteiger partial charge in [0.2, 0.25) is 0 Å². The highest BCUT2D eigenvalue weighted by atomic mass is 16.6. The van der Waals surface area contributed by atoms with Gasteiger partial charge in [-0.05, 0) is 51.3 Å². The van der Waals surface area contributed by atoms with E-state index in [-0.39, 0.29) is 6.09 Å². The van der Waals surface area contributed by atoms with Crippen LogP contribution in [0.1, 0.15) is 49.2 Å². The molecule has 0 unspecified atom stereocenters. The van der Waals surface area contributed by atoms with Gasteiger partial charge in [-0.2, -0.15) is 0 Å². The van der Waals surface area contributed by atoms with E-state index in [0.717, 1.165) is 16.7 Å². The normalized spacial score (nSPS) is 13.7. The second-order valence-electron chi connectivity index (χ2n) is 8.50. The summed E-state index contributed by atoms with van der Waals surface area (Å²) in [6, 6.07) is 6.04. The number of carbonyl (C=O) groups excluding carboxylic acids is 2. The van der Waals surface area contributed by atoms with Crippen molar-refractivity contribution in [2.24, 2.45) is 0 Å². The molecule has 1 N–H and O–H groups in total. The number of H-pyrrole nitrogens is 1. The fraction of sp³-hybridized carbons (Fsp3) is 0.391. The summed E-state index contributed by atoms with van der Waals surface area (Å²) in [6.45, 7) is 8.75. The van der Waals surface area contributed by atoms with Crippen molar-refractivity contribution in [1.82, 2.24) is 19.9 Å². The van der Waals surface area contributed by atoms with E-state index in [2.05, 4.69) is 21.0 Å². The van der Waals surface area contributed by atoms with Gasteiger partial charge in [0.1, 0.15) is 17.6 Å². The molecule has 0 bridgehead atoms. The first-order chi connectivity index (χ1) is 14.8. The second-order valence-corrected chi connectivity index (χ2v) is 8.50. The van der Waals surface area contributed by atoms with Crippen LogP contribution in [0.25, 0.3) is 22.3 Å². The molecule has 2 aromatic heterocycles. The Balaban J connectivity index is 1.65. The number of ether oxygens (including phenoxy) is 2. The lowest BCUT2D eigenvalue weighted by Gasteiger charge is -2.31. The number of aromatic amines is 1. The molecule has 1 aliphatic rings. The first-order valence-corrected chi connectivity index (χ1v) is 10.4. The van der Waals surface area contributed by atoms with Crippen LogP contribution in [0.5, 0.6) is 0 Å². The molecule has 8 heteroatoms. The quantitative estimate of drug-likeness (QED) is 0.639. The average molecular weight is 422 g/mol. The van der Waals surface area contributed by atoms with E-state index >= 15 is 0 Å². The molecule has 0 spiro atoms. The Morgan fingerprint density at radius 3 is 2.74 bits per heavy atom. The van der Waals surface area contributed by atoms with Gasteiger partial charge in [0.15, 0.2) is 0 Å². The van der Waals surface area contributed by atoms with E-state index < -0.39 is 11.6 Å². The van der Waals surface area contributed by atoms with Crippen LogP contribution >= 0.6 is 0 Å². The van der Waals surface area contributed by atoms with Gasteiger partial charge in [0.25, 0.3) is 0 Å². The molecule has 3 aromatic rings. The third-order valence-electron chi connectivity index (χ3n) is 5.11. The summed E-state index contributed by atoms with van der Waals surface area (Å²) >= 11 is 0. The molecule has 1 aromatic carbocycles. The molecular formula is C23H26N4O4. The number of benzene rings is 1. The highest BCUT2D eigenvalue weighted by Gasteiger charge is 2.26. The van der Waals surface area contributed by atoms with Crippen LogP contribution in [0.4, 0.5) is 4.79 Å². The van der Waals surface area contributed by atoms with Crippen LogP contribution in [-0.2, 0) is 22.4 Å². The first-order valence-electron chi connectivity index (χ1n) is 10.4. The zero-order valence-corrected chi connectivity index (χ0v) is 18.2. The number of aromatic nitrogens is 3. The smallest absolute Gasteiger partial charge is 0.410 e. The van der Waals surface area contributed by atoms with Gasteiger partial charge in [0, 0.05) is 24.8 Å². The lowest BCUT2D eigenvalue weighted by Crippen LogP contribution is -2.39. The zero-order chi connectivity index (χ0) is 22.2. The molecular weight excluding hydrogens is 396 g/mol. The maximum absolute atomic E-state index is 12.4. The topological polar surface area (TPSA) is 97.4 Å². The third kappa shape index (κ3) is 4.23. The van der Waals surface area contributed by atoms with Crippen LogP contribution < -0.4 is 0 Å². The van der Waals surface area contributed by atoms with Crippen LogP contribution in [0.3, 0.4) is 0 Å². The summed E-state index contributed by atoms with van der Waals surface area (Å²) in [5, 5.41) is 0.645. The van der Waals surface area contributed by atoms with Crippen molar-refractivity contribution >= 4 is 23.1 Å². The van der Waals surface area contributed by atoms with Crippen LogP contribution in [-0.4, -0.2) is 50.7 Å². The first kappa shape index (κ1) is 20.8. The van der Waals surface area contributed by atoms with Gasteiger partial charge < -0.3 is 19.4 Å². The Morgan fingerprint density at radius 1 is 1.19 bits per heavy atom. The standard InChI is InChI=1S/C23H26N4O4/c1-5-30-21(28)17-11-24-20-18(17)19(25-13-26-20)15-6-7-16-12-27(9-8-14(16)10-15)22(29)31-23(2,3)4/h6-7,10-11,13H,5,8-9,12H2,1-4H3,(H,24,25,26). The minimum Gasteiger partial charge on any atom is -0.462 e. The van der Waals surface area contributed by atoms with Gasteiger partial charge in [-0.15, -0.1) is 0 Å². The number of nitrogens with zero attached hydrogens (tertiary/aromatic N) is 3. The van der Waals surface area contributed by atoms with E-state index in [4.69, 9.17) is 9.47 Å². The number of amides is 1. The maximum atomic E-state index is 12.4. The van der Waals surface area contributed by atoms with Crippen molar-refractivity contribution in [3.63, 3.8) is 0 Å². The second kappa shape index (κ2) is 8.02. The molecule has 0 saturated heterocycles. The van der Waals surface area contributed by atoms with Crippen molar-refractivity contribution in [2.75, 3.05) is 13.2 Å². The summed E-state index contributed by atoms with van der Waals surface area (Å²) < 4.78 is 10.7. The molecule has 8 nitrogen and oxygen atoms in total. The van der Waals surface area contributed by atoms with Gasteiger partial charge in [-0.25, -0.2) is 19.6 Å². The highest BCUT2D eigenvalue weighted by Crippen LogP contribution is 2.31. The molecule has 162 valence electrons. The van der Waals surface area contributed by atoms with Gasteiger partial charge in [0.05, 0.1) is 23.3 Å². The number of nitrogens with one attached hydrogen (secondary N) is 1. The van der Waals surface area contributed by atoms with E-state index in [0.29, 0.717) is 48.4 Å². The van der Waals surface area contributed by atoms with Gasteiger partial charge >= 0.3 is 12.1 Å². The fourth-order valence-electron chi connectivity index (χ4n) is 3.73. The minimum absolute atomic E-state index is 0.293. The Labute approximate surface area is 180 Å². The van der Waals surface area contributed by atoms with E-state index in [1.54, 1.807) is 18.0 Å². The third-order valence-corrected chi connectivity index (χ3v) is 5.11. The van der Waals surface area contributed by atoms with E-state index in [9.17, 15) is 9.59 Å². The molecule has 0 saturated carbocycles. The number of hydrogen-bond acceptors (Lipinski definition) is 6. The Hall–Kier alpha value is -3.42. The average Bonchev–Trinajstić information content (AvgIpc) is 3.16. The van der Waals surface area contributed by atoms with E-state index in [1.807, 2.05) is 32.9 Å². The number of carbonyl (C=O) groups is 2. The maximum Gasteiger partial charge on any atom is 0.410 e. The van der Waals surface area contributed by atoms with Gasteiger partial charge in [-0.3, -0.25) is 0 Å². The molecule has 1 aliphatic heterocycles. The molecule has 0 fully saturated rings. The Bertz CT molecular complexity index is 1150. The summed E-state index contributed by atoms with van der Waals surface area (Å²) in [5.41, 5.74) is 4.27. The Morgan fingerprint density at radius 2 is 2.00 bits per heavy atom. The SMILES string of the molecule is CCOC(=O)c1c[nH]c2ncnc(-c3ccc4c(c3)CCN(C(=O)OC(C)(C)C)C4)c12. The fourth-order valence-corrected chi connectivity index (χ4v) is 3.73. The summed E-state index contributed by atoms with van der Waals surface area (Å²) in [6.07, 6.45) is 3.50.